The van der Waals surface area contributed by atoms with Crippen molar-refractivity contribution < 1.29 is 4.79 Å². The van der Waals surface area contributed by atoms with E-state index in [4.69, 9.17) is 0 Å². The van der Waals surface area contributed by atoms with E-state index in [0.717, 1.165) is 22.3 Å². The van der Waals surface area contributed by atoms with E-state index in [-0.39, 0.29) is 5.91 Å². The van der Waals surface area contributed by atoms with Crippen molar-refractivity contribution in [2.45, 2.75) is 25.3 Å². The van der Waals surface area contributed by atoms with Crippen LogP contribution in [0, 0.1) is 5.92 Å². The van der Waals surface area contributed by atoms with Crippen LogP contribution in [0.3, 0.4) is 0 Å². The summed E-state index contributed by atoms with van der Waals surface area (Å²) in [6.45, 7) is 1.54. The van der Waals surface area contributed by atoms with Crippen LogP contribution < -0.4 is 10.6 Å². The summed E-state index contributed by atoms with van der Waals surface area (Å²) in [5.74, 6) is 0.861. The smallest absolute Gasteiger partial charge is 0.221 e. The molecule has 3 atom stereocenters. The molecule has 4 heteroatoms. The first kappa shape index (κ1) is 15.5. The van der Waals surface area contributed by atoms with Crippen molar-refractivity contribution >= 4 is 33.2 Å². The minimum Gasteiger partial charge on any atom is -0.378 e. The van der Waals surface area contributed by atoms with Gasteiger partial charge in [-0.05, 0) is 53.8 Å². The zero-order valence-electron chi connectivity index (χ0n) is 13.4. The SMILES string of the molecule is CC(=O)Nc1ccc2c(c1)[C@@H]1C=CC[C@H]1[C@H](c1ccc(Br)cc1)N2. The maximum absolute atomic E-state index is 11.3. The number of rotatable bonds is 2. The van der Waals surface area contributed by atoms with Gasteiger partial charge in [0.05, 0.1) is 6.04 Å². The van der Waals surface area contributed by atoms with Gasteiger partial charge in [-0.25, -0.2) is 0 Å². The first-order chi connectivity index (χ1) is 11.6. The monoisotopic (exact) mass is 382 g/mol. The van der Waals surface area contributed by atoms with E-state index in [2.05, 4.69) is 75.1 Å². The van der Waals surface area contributed by atoms with Gasteiger partial charge in [-0.15, -0.1) is 0 Å². The van der Waals surface area contributed by atoms with E-state index < -0.39 is 0 Å². The van der Waals surface area contributed by atoms with Crippen molar-refractivity contribution in [2.75, 3.05) is 10.6 Å². The Morgan fingerprint density at radius 2 is 2.00 bits per heavy atom. The first-order valence-corrected chi connectivity index (χ1v) is 9.01. The molecule has 1 heterocycles. The second-order valence-corrected chi connectivity index (χ2v) is 7.43. The molecule has 24 heavy (non-hydrogen) atoms. The number of benzene rings is 2. The van der Waals surface area contributed by atoms with Gasteiger partial charge in [-0.3, -0.25) is 4.79 Å². The molecule has 2 aromatic rings. The summed E-state index contributed by atoms with van der Waals surface area (Å²) in [6.07, 6.45) is 5.67. The second kappa shape index (κ2) is 6.10. The van der Waals surface area contributed by atoms with Gasteiger partial charge in [0.25, 0.3) is 0 Å². The predicted molar refractivity (Wildman–Crippen MR) is 101 cm³/mol. The molecule has 1 aliphatic heterocycles. The zero-order chi connectivity index (χ0) is 16.7. The Morgan fingerprint density at radius 3 is 2.75 bits per heavy atom. The summed E-state index contributed by atoms with van der Waals surface area (Å²) in [6, 6.07) is 15.0. The third kappa shape index (κ3) is 2.75. The fraction of sp³-hybridized carbons (Fsp3) is 0.250. The Morgan fingerprint density at radius 1 is 1.21 bits per heavy atom. The summed E-state index contributed by atoms with van der Waals surface area (Å²) in [5.41, 5.74) is 4.61. The molecule has 2 aromatic carbocycles. The lowest BCUT2D eigenvalue weighted by atomic mass is 9.77. The number of amides is 1. The lowest BCUT2D eigenvalue weighted by Crippen LogP contribution is -2.29. The lowest BCUT2D eigenvalue weighted by Gasteiger charge is -2.37. The molecule has 3 nitrogen and oxygen atoms in total. The van der Waals surface area contributed by atoms with E-state index in [1.807, 2.05) is 6.07 Å². The van der Waals surface area contributed by atoms with Crippen molar-refractivity contribution in [1.29, 1.82) is 0 Å². The van der Waals surface area contributed by atoms with Crippen LogP contribution >= 0.6 is 15.9 Å². The Bertz CT molecular complexity index is 813. The van der Waals surface area contributed by atoms with E-state index >= 15 is 0 Å². The molecule has 122 valence electrons. The largest absolute Gasteiger partial charge is 0.378 e. The van der Waals surface area contributed by atoms with Crippen LogP contribution in [0.15, 0.2) is 59.1 Å². The van der Waals surface area contributed by atoms with Crippen LogP contribution in [-0.4, -0.2) is 5.91 Å². The number of halogens is 1. The molecule has 0 fully saturated rings. The number of nitrogens with one attached hydrogen (secondary N) is 2. The fourth-order valence-electron chi connectivity index (χ4n) is 3.88. The van der Waals surface area contributed by atoms with E-state index in [0.29, 0.717) is 17.9 Å². The highest BCUT2D eigenvalue weighted by Gasteiger charge is 2.37. The minimum atomic E-state index is -0.0371. The molecule has 2 aliphatic rings. The fourth-order valence-corrected chi connectivity index (χ4v) is 4.14. The van der Waals surface area contributed by atoms with Crippen molar-refractivity contribution in [3.63, 3.8) is 0 Å². The van der Waals surface area contributed by atoms with Gasteiger partial charge in [0.2, 0.25) is 5.91 Å². The van der Waals surface area contributed by atoms with Gasteiger partial charge in [-0.2, -0.15) is 0 Å². The van der Waals surface area contributed by atoms with Gasteiger partial charge in [-0.1, -0.05) is 40.2 Å². The Kier molecular flexibility index (Phi) is 3.93. The van der Waals surface area contributed by atoms with E-state index in [1.165, 1.54) is 11.1 Å². The number of anilines is 2. The van der Waals surface area contributed by atoms with Crippen molar-refractivity contribution in [3.05, 3.63) is 70.2 Å². The number of fused-ring (bicyclic) bond motifs is 3. The molecular weight excluding hydrogens is 364 g/mol. The van der Waals surface area contributed by atoms with E-state index in [1.54, 1.807) is 6.92 Å². The van der Waals surface area contributed by atoms with Crippen LogP contribution in [0.4, 0.5) is 11.4 Å². The molecule has 0 unspecified atom stereocenters. The standard InChI is InChI=1S/C20H19BrN2O/c1-12(24)22-15-9-10-19-18(11-15)16-3-2-4-17(16)20(23-19)13-5-7-14(21)8-6-13/h2-3,5-11,16-17,20,23H,4H2,1H3,(H,22,24)/t16-,17-,20+/m1/s1. The molecule has 2 N–H and O–H groups in total. The number of allylic oxidation sites excluding steroid dienone is 2. The topological polar surface area (TPSA) is 41.1 Å². The highest BCUT2D eigenvalue weighted by atomic mass is 79.9. The second-order valence-electron chi connectivity index (χ2n) is 6.51. The summed E-state index contributed by atoms with van der Waals surface area (Å²) in [5, 5.41) is 6.60. The van der Waals surface area contributed by atoms with Gasteiger partial charge < -0.3 is 10.6 Å². The summed E-state index contributed by atoms with van der Waals surface area (Å²) in [7, 11) is 0. The highest BCUT2D eigenvalue weighted by Crippen LogP contribution is 2.50. The van der Waals surface area contributed by atoms with E-state index in [9.17, 15) is 4.79 Å². The number of carbonyl (C=O) groups is 1. The van der Waals surface area contributed by atoms with Gasteiger partial charge in [0, 0.05) is 28.7 Å². The molecule has 0 aromatic heterocycles. The molecule has 0 bridgehead atoms. The molecular formula is C20H19BrN2O. The van der Waals surface area contributed by atoms with Gasteiger partial charge in [0.1, 0.15) is 0 Å². The quantitative estimate of drug-likeness (QED) is 0.697. The van der Waals surface area contributed by atoms with Crippen molar-refractivity contribution in [1.82, 2.24) is 0 Å². The Labute approximate surface area is 150 Å². The van der Waals surface area contributed by atoms with Crippen LogP contribution in [0.5, 0.6) is 0 Å². The molecule has 0 spiro atoms. The summed E-state index contributed by atoms with van der Waals surface area (Å²) in [4.78, 5) is 11.3. The summed E-state index contributed by atoms with van der Waals surface area (Å²) >= 11 is 3.51. The number of hydrogen-bond donors (Lipinski definition) is 2. The zero-order valence-corrected chi connectivity index (χ0v) is 15.0. The average Bonchev–Trinajstić information content (AvgIpc) is 3.04. The third-order valence-electron chi connectivity index (χ3n) is 4.91. The van der Waals surface area contributed by atoms with Gasteiger partial charge >= 0.3 is 0 Å². The Hall–Kier alpha value is -2.07. The molecule has 0 saturated heterocycles. The highest BCUT2D eigenvalue weighted by molar-refractivity contribution is 9.10. The first-order valence-electron chi connectivity index (χ1n) is 8.22. The molecule has 0 radical (unpaired) electrons. The number of carbonyl (C=O) groups excluding carboxylic acids is 1. The van der Waals surface area contributed by atoms with Crippen molar-refractivity contribution in [3.8, 4) is 0 Å². The maximum Gasteiger partial charge on any atom is 0.221 e. The molecule has 4 rings (SSSR count). The molecule has 1 aliphatic carbocycles. The third-order valence-corrected chi connectivity index (χ3v) is 5.44. The number of hydrogen-bond acceptors (Lipinski definition) is 2. The van der Waals surface area contributed by atoms with Gasteiger partial charge in [0.15, 0.2) is 0 Å². The van der Waals surface area contributed by atoms with Crippen LogP contribution in [0.25, 0.3) is 0 Å². The Balaban J connectivity index is 1.72. The average molecular weight is 383 g/mol. The molecule has 1 amide bonds. The van der Waals surface area contributed by atoms with Crippen LogP contribution in [-0.2, 0) is 4.79 Å². The lowest BCUT2D eigenvalue weighted by molar-refractivity contribution is -0.114. The minimum absolute atomic E-state index is 0.0371. The summed E-state index contributed by atoms with van der Waals surface area (Å²) < 4.78 is 1.10. The predicted octanol–water partition coefficient (Wildman–Crippen LogP) is 5.23. The normalized spacial score (nSPS) is 24.0. The van der Waals surface area contributed by atoms with Crippen LogP contribution in [0.1, 0.15) is 36.4 Å². The van der Waals surface area contributed by atoms with Crippen LogP contribution in [0.2, 0.25) is 0 Å². The maximum atomic E-state index is 11.3. The molecule has 0 saturated carbocycles. The van der Waals surface area contributed by atoms with Crippen molar-refractivity contribution in [2.24, 2.45) is 5.92 Å².